The molecule has 1 amide bonds. The molecule has 0 spiro atoms. The van der Waals surface area contributed by atoms with Crippen molar-refractivity contribution in [1.82, 2.24) is 4.90 Å². The summed E-state index contributed by atoms with van der Waals surface area (Å²) in [5, 5.41) is 0. The molecule has 0 fully saturated rings. The van der Waals surface area contributed by atoms with Gasteiger partial charge in [-0.05, 0) is 33.1 Å². The Kier molecular flexibility index (Phi) is 7.76. The van der Waals surface area contributed by atoms with Crippen LogP contribution in [0.3, 0.4) is 0 Å². The Hall–Kier alpha value is -1.03. The normalized spacial score (nSPS) is 13.2. The van der Waals surface area contributed by atoms with Crippen molar-refractivity contribution in [3.05, 3.63) is 12.7 Å². The minimum absolute atomic E-state index is 0.0230. The lowest BCUT2D eigenvalue weighted by Gasteiger charge is -2.31. The van der Waals surface area contributed by atoms with Crippen LogP contribution in [-0.2, 0) is 9.47 Å². The number of rotatable bonds is 7. The van der Waals surface area contributed by atoms with Gasteiger partial charge in [-0.3, -0.25) is 0 Å². The van der Waals surface area contributed by atoms with Crippen LogP contribution in [0.2, 0.25) is 0 Å². The van der Waals surface area contributed by atoms with Crippen molar-refractivity contribution < 1.29 is 14.3 Å². The molecule has 0 aliphatic carbocycles. The lowest BCUT2D eigenvalue weighted by atomic mass is 10.0. The second-order valence-electron chi connectivity index (χ2n) is 6.20. The van der Waals surface area contributed by atoms with Crippen LogP contribution in [0.15, 0.2) is 12.7 Å². The fourth-order valence-corrected chi connectivity index (χ4v) is 1.65. The van der Waals surface area contributed by atoms with Gasteiger partial charge in [-0.2, -0.15) is 0 Å². The van der Waals surface area contributed by atoms with Crippen LogP contribution in [0.4, 0.5) is 4.79 Å². The number of likely N-dealkylation sites (N-methyl/N-ethyl adjacent to an activating group) is 1. The summed E-state index contributed by atoms with van der Waals surface area (Å²) in [7, 11) is 1.76. The van der Waals surface area contributed by atoms with Crippen molar-refractivity contribution in [3.8, 4) is 0 Å². The number of carbonyl (C=O) groups excluding carboxylic acids is 1. The van der Waals surface area contributed by atoms with Crippen molar-refractivity contribution in [3.63, 3.8) is 0 Å². The van der Waals surface area contributed by atoms with E-state index < -0.39 is 5.60 Å². The van der Waals surface area contributed by atoms with Crippen molar-refractivity contribution >= 4 is 6.09 Å². The van der Waals surface area contributed by atoms with Crippen LogP contribution in [0, 0.1) is 5.92 Å². The summed E-state index contributed by atoms with van der Waals surface area (Å²) in [5.41, 5.74) is -0.476. The maximum absolute atomic E-state index is 12.0. The average Bonchev–Trinajstić information content (AvgIpc) is 2.24. The third kappa shape index (κ3) is 8.65. The third-order valence-electron chi connectivity index (χ3n) is 2.52. The molecule has 1 unspecified atom stereocenters. The Morgan fingerprint density at radius 3 is 2.37 bits per heavy atom. The van der Waals surface area contributed by atoms with Crippen molar-refractivity contribution in [1.29, 1.82) is 0 Å². The van der Waals surface area contributed by atoms with Gasteiger partial charge in [0.05, 0.1) is 19.3 Å². The highest BCUT2D eigenvalue weighted by atomic mass is 16.6. The van der Waals surface area contributed by atoms with E-state index >= 15 is 0 Å². The standard InChI is InChI=1S/C15H29NO3/c1-8-9-18-11-13(10-12(2)3)16(7)14(17)19-15(4,5)6/h8,12-13H,1,9-11H2,2-7H3. The predicted octanol–water partition coefficient (Wildman–Crippen LogP) is 3.47. The molecule has 0 aromatic rings. The second-order valence-corrected chi connectivity index (χ2v) is 6.20. The molecule has 19 heavy (non-hydrogen) atoms. The van der Waals surface area contributed by atoms with Crippen LogP contribution in [0.25, 0.3) is 0 Å². The summed E-state index contributed by atoms with van der Waals surface area (Å²) in [4.78, 5) is 13.7. The first kappa shape index (κ1) is 18.0. The summed E-state index contributed by atoms with van der Waals surface area (Å²) in [6.07, 6.45) is 2.28. The molecule has 0 aromatic heterocycles. The maximum Gasteiger partial charge on any atom is 0.410 e. The molecule has 1 atom stereocenters. The smallest absolute Gasteiger partial charge is 0.410 e. The number of hydrogen-bond acceptors (Lipinski definition) is 3. The van der Waals surface area contributed by atoms with E-state index in [2.05, 4.69) is 20.4 Å². The molecule has 0 aromatic carbocycles. The van der Waals surface area contributed by atoms with Crippen molar-refractivity contribution in [2.45, 2.75) is 52.7 Å². The fourth-order valence-electron chi connectivity index (χ4n) is 1.65. The summed E-state index contributed by atoms with van der Waals surface area (Å²) in [6, 6.07) is 0.0230. The van der Waals surface area contributed by atoms with Crippen LogP contribution < -0.4 is 0 Å². The molecule has 112 valence electrons. The van der Waals surface area contributed by atoms with Crippen LogP contribution in [0.5, 0.6) is 0 Å². The Labute approximate surface area is 117 Å². The Balaban J connectivity index is 4.54. The molecule has 0 aliphatic heterocycles. The Morgan fingerprint density at radius 2 is 1.95 bits per heavy atom. The lowest BCUT2D eigenvalue weighted by Crippen LogP contribution is -2.43. The number of hydrogen-bond donors (Lipinski definition) is 0. The number of ether oxygens (including phenoxy) is 2. The summed E-state index contributed by atoms with van der Waals surface area (Å²) < 4.78 is 10.9. The molecule has 4 heteroatoms. The van der Waals surface area contributed by atoms with Gasteiger partial charge in [0.2, 0.25) is 0 Å². The van der Waals surface area contributed by atoms with E-state index in [0.717, 1.165) is 6.42 Å². The van der Waals surface area contributed by atoms with Gasteiger partial charge < -0.3 is 14.4 Å². The van der Waals surface area contributed by atoms with Gasteiger partial charge in [0.15, 0.2) is 0 Å². The predicted molar refractivity (Wildman–Crippen MR) is 78.3 cm³/mol. The highest BCUT2D eigenvalue weighted by molar-refractivity contribution is 5.68. The van der Waals surface area contributed by atoms with Crippen LogP contribution >= 0.6 is 0 Å². The zero-order chi connectivity index (χ0) is 15.1. The largest absolute Gasteiger partial charge is 0.444 e. The first-order valence-electron chi connectivity index (χ1n) is 6.81. The van der Waals surface area contributed by atoms with Gasteiger partial charge in [-0.15, -0.1) is 6.58 Å². The summed E-state index contributed by atoms with van der Waals surface area (Å²) in [6.45, 7) is 14.5. The molecule has 0 aliphatic rings. The minimum atomic E-state index is -0.476. The molecular formula is C15H29NO3. The van der Waals surface area contributed by atoms with E-state index in [-0.39, 0.29) is 12.1 Å². The topological polar surface area (TPSA) is 38.8 Å². The zero-order valence-electron chi connectivity index (χ0n) is 13.2. The molecule has 0 heterocycles. The van der Waals surface area contributed by atoms with E-state index in [1.54, 1.807) is 18.0 Å². The Morgan fingerprint density at radius 1 is 1.37 bits per heavy atom. The molecule has 0 saturated heterocycles. The van der Waals surface area contributed by atoms with Gasteiger partial charge in [0, 0.05) is 7.05 Å². The summed E-state index contributed by atoms with van der Waals surface area (Å²) in [5.74, 6) is 0.488. The zero-order valence-corrected chi connectivity index (χ0v) is 13.2. The van der Waals surface area contributed by atoms with Crippen molar-refractivity contribution in [2.24, 2.45) is 5.92 Å². The van der Waals surface area contributed by atoms with Crippen LogP contribution in [-0.4, -0.2) is 42.9 Å². The SMILES string of the molecule is C=CCOCC(CC(C)C)N(C)C(=O)OC(C)(C)C. The van der Waals surface area contributed by atoms with E-state index in [9.17, 15) is 4.79 Å². The highest BCUT2D eigenvalue weighted by Gasteiger charge is 2.25. The summed E-state index contributed by atoms with van der Waals surface area (Å²) >= 11 is 0. The quantitative estimate of drug-likeness (QED) is 0.525. The first-order valence-corrected chi connectivity index (χ1v) is 6.81. The highest BCUT2D eigenvalue weighted by Crippen LogP contribution is 2.15. The van der Waals surface area contributed by atoms with Crippen molar-refractivity contribution in [2.75, 3.05) is 20.3 Å². The van der Waals surface area contributed by atoms with E-state index in [1.807, 2.05) is 20.8 Å². The molecular weight excluding hydrogens is 242 g/mol. The lowest BCUT2D eigenvalue weighted by molar-refractivity contribution is 0.00768. The number of carbonyl (C=O) groups is 1. The molecule has 0 saturated carbocycles. The number of nitrogens with zero attached hydrogens (tertiary/aromatic N) is 1. The molecule has 0 radical (unpaired) electrons. The minimum Gasteiger partial charge on any atom is -0.444 e. The van der Waals surface area contributed by atoms with Gasteiger partial charge in [-0.25, -0.2) is 4.79 Å². The van der Waals surface area contributed by atoms with Gasteiger partial charge >= 0.3 is 6.09 Å². The average molecular weight is 271 g/mol. The van der Waals surface area contributed by atoms with E-state index in [0.29, 0.717) is 19.1 Å². The third-order valence-corrected chi connectivity index (χ3v) is 2.52. The van der Waals surface area contributed by atoms with E-state index in [4.69, 9.17) is 9.47 Å². The fraction of sp³-hybridized carbons (Fsp3) is 0.800. The maximum atomic E-state index is 12.0. The number of amides is 1. The molecule has 0 rings (SSSR count). The van der Waals surface area contributed by atoms with E-state index in [1.165, 1.54) is 0 Å². The second kappa shape index (κ2) is 8.20. The Bertz CT molecular complexity index is 282. The molecule has 0 N–H and O–H groups in total. The van der Waals surface area contributed by atoms with Crippen LogP contribution in [0.1, 0.15) is 41.0 Å². The molecule has 0 bridgehead atoms. The van der Waals surface area contributed by atoms with Gasteiger partial charge in [-0.1, -0.05) is 19.9 Å². The van der Waals surface area contributed by atoms with Gasteiger partial charge in [0.1, 0.15) is 5.60 Å². The monoisotopic (exact) mass is 271 g/mol. The molecule has 4 nitrogen and oxygen atoms in total. The van der Waals surface area contributed by atoms with Gasteiger partial charge in [0.25, 0.3) is 0 Å². The first-order chi connectivity index (χ1) is 8.67.